The average Bonchev–Trinajstić information content (AvgIpc) is 2.72. The van der Waals surface area contributed by atoms with Crippen molar-refractivity contribution < 1.29 is 27.4 Å². The van der Waals surface area contributed by atoms with Crippen molar-refractivity contribution in [1.82, 2.24) is 5.32 Å². The zero-order valence-electron chi connectivity index (χ0n) is 18.3. The fraction of sp³-hybridized carbons (Fsp3) is 0.409. The number of amides is 1. The number of anilines is 1. The van der Waals surface area contributed by atoms with Gasteiger partial charge in [-0.2, -0.15) is 0 Å². The number of carbonyl (C=O) groups is 1. The number of hydrogen-bond acceptors (Lipinski definition) is 6. The van der Waals surface area contributed by atoms with Gasteiger partial charge >= 0.3 is 0 Å². The smallest absolute Gasteiger partial charge is 0.244 e. The van der Waals surface area contributed by atoms with Crippen LogP contribution in [0.2, 0.25) is 0 Å². The molecule has 168 valence electrons. The van der Waals surface area contributed by atoms with E-state index in [2.05, 4.69) is 5.32 Å². The predicted molar refractivity (Wildman–Crippen MR) is 119 cm³/mol. The normalized spacial score (nSPS) is 15.0. The van der Waals surface area contributed by atoms with Crippen LogP contribution in [0.25, 0.3) is 0 Å². The Kier molecular flexibility index (Phi) is 6.64. The van der Waals surface area contributed by atoms with Crippen molar-refractivity contribution >= 4 is 21.6 Å². The van der Waals surface area contributed by atoms with Crippen LogP contribution in [0.1, 0.15) is 31.0 Å². The van der Waals surface area contributed by atoms with Crippen LogP contribution in [0.5, 0.6) is 17.2 Å². The molecule has 1 heterocycles. The summed E-state index contributed by atoms with van der Waals surface area (Å²) in [5.41, 5.74) is 1.99. The Hall–Kier alpha value is -2.94. The van der Waals surface area contributed by atoms with Gasteiger partial charge in [-0.25, -0.2) is 8.42 Å². The van der Waals surface area contributed by atoms with Gasteiger partial charge in [0.25, 0.3) is 0 Å². The molecule has 3 rings (SSSR count). The fourth-order valence-corrected chi connectivity index (χ4v) is 4.67. The zero-order chi connectivity index (χ0) is 22.8. The number of sulfonamides is 1. The Morgan fingerprint density at radius 2 is 1.77 bits per heavy atom. The number of rotatable bonds is 7. The molecule has 2 aromatic rings. The van der Waals surface area contributed by atoms with Crippen molar-refractivity contribution in [3.05, 3.63) is 47.5 Å². The Labute approximate surface area is 183 Å². The van der Waals surface area contributed by atoms with E-state index in [-0.39, 0.29) is 6.04 Å². The summed E-state index contributed by atoms with van der Waals surface area (Å²) < 4.78 is 42.8. The van der Waals surface area contributed by atoms with E-state index in [1.165, 1.54) is 7.11 Å². The number of methoxy groups -OCH3 is 1. The van der Waals surface area contributed by atoms with Crippen LogP contribution in [0.3, 0.4) is 0 Å². The predicted octanol–water partition coefficient (Wildman–Crippen LogP) is 2.81. The second-order valence-electron chi connectivity index (χ2n) is 7.54. The van der Waals surface area contributed by atoms with Crippen LogP contribution in [0, 0.1) is 6.92 Å². The lowest BCUT2D eigenvalue weighted by atomic mass is 10.1. The molecule has 0 bridgehead atoms. The topological polar surface area (TPSA) is 94.2 Å². The van der Waals surface area contributed by atoms with Gasteiger partial charge in [0.1, 0.15) is 25.0 Å². The lowest BCUT2D eigenvalue weighted by Crippen LogP contribution is -2.48. The SMILES string of the molecule is COc1ccc(C)cc1N([C@@H](C)C(=O)N[C@H](C)c1ccc2c(c1)OCCO2)S(C)(=O)=O. The van der Waals surface area contributed by atoms with Crippen LogP contribution in [-0.2, 0) is 14.8 Å². The summed E-state index contributed by atoms with van der Waals surface area (Å²) in [6, 6.07) is 9.30. The standard InChI is InChI=1S/C22H28N2O6S/c1-14-6-8-19(28-4)18(12-14)24(31(5,26)27)16(3)22(25)23-15(2)17-7-9-20-21(13-17)30-11-10-29-20/h6-9,12-13,15-16H,10-11H2,1-5H3,(H,23,25)/t15-,16+/m1/s1. The number of fused-ring (bicyclic) bond motifs is 1. The first kappa shape index (κ1) is 22.7. The molecule has 0 aliphatic carbocycles. The van der Waals surface area contributed by atoms with Crippen molar-refractivity contribution in [2.75, 3.05) is 30.9 Å². The maximum atomic E-state index is 13.0. The second-order valence-corrected chi connectivity index (χ2v) is 9.40. The largest absolute Gasteiger partial charge is 0.495 e. The molecule has 0 spiro atoms. The minimum Gasteiger partial charge on any atom is -0.495 e. The van der Waals surface area contributed by atoms with Crippen LogP contribution in [-0.4, -0.2) is 46.9 Å². The van der Waals surface area contributed by atoms with E-state index in [1.54, 1.807) is 25.1 Å². The van der Waals surface area contributed by atoms with Crippen LogP contribution in [0.4, 0.5) is 5.69 Å². The van der Waals surface area contributed by atoms with E-state index in [1.807, 2.05) is 32.0 Å². The molecule has 1 aliphatic rings. The highest BCUT2D eigenvalue weighted by molar-refractivity contribution is 7.92. The molecule has 0 fully saturated rings. The van der Waals surface area contributed by atoms with E-state index in [9.17, 15) is 13.2 Å². The molecule has 0 radical (unpaired) electrons. The van der Waals surface area contributed by atoms with Gasteiger partial charge in [0.2, 0.25) is 15.9 Å². The average molecular weight is 449 g/mol. The Balaban J connectivity index is 1.85. The summed E-state index contributed by atoms with van der Waals surface area (Å²) in [5.74, 6) is 1.23. The first-order valence-corrected chi connectivity index (χ1v) is 11.8. The van der Waals surface area contributed by atoms with Gasteiger partial charge in [-0.1, -0.05) is 12.1 Å². The van der Waals surface area contributed by atoms with E-state index >= 15 is 0 Å². The molecule has 1 N–H and O–H groups in total. The molecule has 31 heavy (non-hydrogen) atoms. The Morgan fingerprint density at radius 1 is 1.10 bits per heavy atom. The molecule has 9 heteroatoms. The molecule has 8 nitrogen and oxygen atoms in total. The molecule has 0 saturated heterocycles. The fourth-order valence-electron chi connectivity index (χ4n) is 3.50. The first-order valence-electron chi connectivity index (χ1n) is 9.95. The molecule has 0 unspecified atom stereocenters. The highest BCUT2D eigenvalue weighted by Crippen LogP contribution is 2.34. The number of benzene rings is 2. The summed E-state index contributed by atoms with van der Waals surface area (Å²) in [4.78, 5) is 13.0. The lowest BCUT2D eigenvalue weighted by Gasteiger charge is -2.30. The minimum absolute atomic E-state index is 0.319. The number of nitrogens with one attached hydrogen (secondary N) is 1. The summed E-state index contributed by atoms with van der Waals surface area (Å²) in [7, 11) is -2.31. The molecule has 0 aromatic heterocycles. The molecular formula is C22H28N2O6S. The van der Waals surface area contributed by atoms with Crippen LogP contribution >= 0.6 is 0 Å². The second kappa shape index (κ2) is 9.05. The maximum absolute atomic E-state index is 13.0. The van der Waals surface area contributed by atoms with Gasteiger partial charge in [-0.3, -0.25) is 9.10 Å². The van der Waals surface area contributed by atoms with Crippen LogP contribution in [0.15, 0.2) is 36.4 Å². The van der Waals surface area contributed by atoms with Crippen molar-refractivity contribution in [2.45, 2.75) is 32.9 Å². The van der Waals surface area contributed by atoms with Gasteiger partial charge in [0, 0.05) is 0 Å². The Bertz CT molecular complexity index is 1070. The maximum Gasteiger partial charge on any atom is 0.244 e. The van der Waals surface area contributed by atoms with Gasteiger partial charge in [-0.05, 0) is 56.2 Å². The van der Waals surface area contributed by atoms with Crippen molar-refractivity contribution in [3.63, 3.8) is 0 Å². The number of ether oxygens (including phenoxy) is 3. The molecular weight excluding hydrogens is 420 g/mol. The highest BCUT2D eigenvalue weighted by atomic mass is 32.2. The monoisotopic (exact) mass is 448 g/mol. The number of aryl methyl sites for hydroxylation is 1. The van der Waals surface area contributed by atoms with Crippen molar-refractivity contribution in [1.29, 1.82) is 0 Å². The van der Waals surface area contributed by atoms with Gasteiger partial charge in [0.05, 0.1) is 25.1 Å². The van der Waals surface area contributed by atoms with Crippen LogP contribution < -0.4 is 23.8 Å². The zero-order valence-corrected chi connectivity index (χ0v) is 19.2. The van der Waals surface area contributed by atoms with E-state index in [0.29, 0.717) is 36.1 Å². The third-order valence-corrected chi connectivity index (χ3v) is 6.31. The number of nitrogens with zero attached hydrogens (tertiary/aromatic N) is 1. The molecule has 0 saturated carbocycles. The number of hydrogen-bond donors (Lipinski definition) is 1. The van der Waals surface area contributed by atoms with Gasteiger partial charge in [0.15, 0.2) is 11.5 Å². The Morgan fingerprint density at radius 3 is 2.42 bits per heavy atom. The van der Waals surface area contributed by atoms with Gasteiger partial charge in [-0.15, -0.1) is 0 Å². The summed E-state index contributed by atoms with van der Waals surface area (Å²) in [6.07, 6.45) is 1.07. The molecule has 2 aromatic carbocycles. The highest BCUT2D eigenvalue weighted by Gasteiger charge is 2.32. The number of carbonyl (C=O) groups excluding carboxylic acids is 1. The molecule has 1 amide bonds. The first-order chi connectivity index (χ1) is 14.6. The minimum atomic E-state index is -3.77. The van der Waals surface area contributed by atoms with E-state index < -0.39 is 22.0 Å². The molecule has 2 atom stereocenters. The summed E-state index contributed by atoms with van der Waals surface area (Å²) >= 11 is 0. The molecule has 1 aliphatic heterocycles. The van der Waals surface area contributed by atoms with Gasteiger partial charge < -0.3 is 19.5 Å². The third-order valence-electron chi connectivity index (χ3n) is 5.09. The quantitative estimate of drug-likeness (QED) is 0.700. The van der Waals surface area contributed by atoms with E-state index in [0.717, 1.165) is 21.7 Å². The van der Waals surface area contributed by atoms with Crippen molar-refractivity contribution in [2.24, 2.45) is 0 Å². The third kappa shape index (κ3) is 5.04. The summed E-state index contributed by atoms with van der Waals surface area (Å²) in [6.45, 7) is 6.19. The van der Waals surface area contributed by atoms with Crippen molar-refractivity contribution in [3.8, 4) is 17.2 Å². The summed E-state index contributed by atoms with van der Waals surface area (Å²) in [5, 5.41) is 2.89. The lowest BCUT2D eigenvalue weighted by molar-refractivity contribution is -0.122. The van der Waals surface area contributed by atoms with E-state index in [4.69, 9.17) is 14.2 Å².